The van der Waals surface area contributed by atoms with Crippen molar-refractivity contribution in [1.82, 2.24) is 10.1 Å². The molecule has 1 heterocycles. The molecule has 1 aromatic heterocycles. The van der Waals surface area contributed by atoms with E-state index in [4.69, 9.17) is 15.0 Å². The Morgan fingerprint density at radius 3 is 3.00 bits per heavy atom. The SMILES string of the molecule is COC1(c2noc(C(C)CCCN)n2)CCCC(C)C1. The zero-order chi connectivity index (χ0) is 14.6. The van der Waals surface area contributed by atoms with Crippen molar-refractivity contribution < 1.29 is 9.26 Å². The Morgan fingerprint density at radius 2 is 2.35 bits per heavy atom. The molecule has 3 atom stereocenters. The lowest BCUT2D eigenvalue weighted by Gasteiger charge is -2.36. The Labute approximate surface area is 121 Å². The maximum atomic E-state index is 5.80. The van der Waals surface area contributed by atoms with Crippen LogP contribution >= 0.6 is 0 Å². The first-order valence-corrected chi connectivity index (χ1v) is 7.70. The Hall–Kier alpha value is -0.940. The van der Waals surface area contributed by atoms with Gasteiger partial charge in [-0.1, -0.05) is 25.4 Å². The van der Waals surface area contributed by atoms with Gasteiger partial charge in [-0.3, -0.25) is 0 Å². The van der Waals surface area contributed by atoms with Gasteiger partial charge in [-0.05, 0) is 44.6 Å². The second kappa shape index (κ2) is 6.68. The molecule has 114 valence electrons. The summed E-state index contributed by atoms with van der Waals surface area (Å²) in [6.45, 7) is 5.07. The van der Waals surface area contributed by atoms with Crippen LogP contribution in [0.25, 0.3) is 0 Å². The van der Waals surface area contributed by atoms with E-state index >= 15 is 0 Å². The van der Waals surface area contributed by atoms with Crippen molar-refractivity contribution in [1.29, 1.82) is 0 Å². The van der Waals surface area contributed by atoms with E-state index in [-0.39, 0.29) is 11.5 Å². The molecule has 2 rings (SSSR count). The van der Waals surface area contributed by atoms with Crippen molar-refractivity contribution in [3.05, 3.63) is 11.7 Å². The van der Waals surface area contributed by atoms with Gasteiger partial charge in [0.05, 0.1) is 0 Å². The van der Waals surface area contributed by atoms with Gasteiger partial charge in [-0.2, -0.15) is 4.98 Å². The van der Waals surface area contributed by atoms with E-state index in [1.165, 1.54) is 6.42 Å². The number of hydrogen-bond acceptors (Lipinski definition) is 5. The molecular weight excluding hydrogens is 254 g/mol. The average Bonchev–Trinajstić information content (AvgIpc) is 2.95. The monoisotopic (exact) mass is 281 g/mol. The number of nitrogens with zero attached hydrogens (tertiary/aromatic N) is 2. The minimum atomic E-state index is -0.354. The molecule has 1 aliphatic carbocycles. The van der Waals surface area contributed by atoms with Gasteiger partial charge in [0.1, 0.15) is 5.60 Å². The van der Waals surface area contributed by atoms with Crippen LogP contribution < -0.4 is 5.73 Å². The van der Waals surface area contributed by atoms with Crippen LogP contribution in [0, 0.1) is 5.92 Å². The highest BCUT2D eigenvalue weighted by atomic mass is 16.5. The predicted molar refractivity (Wildman–Crippen MR) is 77.3 cm³/mol. The molecule has 20 heavy (non-hydrogen) atoms. The van der Waals surface area contributed by atoms with E-state index < -0.39 is 0 Å². The zero-order valence-electron chi connectivity index (χ0n) is 12.9. The lowest BCUT2D eigenvalue weighted by molar-refractivity contribution is -0.0658. The van der Waals surface area contributed by atoms with Crippen LogP contribution in [0.2, 0.25) is 0 Å². The number of hydrogen-bond donors (Lipinski definition) is 1. The van der Waals surface area contributed by atoms with Crippen LogP contribution in [0.3, 0.4) is 0 Å². The molecule has 0 spiro atoms. The minimum Gasteiger partial charge on any atom is -0.370 e. The molecule has 5 nitrogen and oxygen atoms in total. The molecule has 0 aromatic carbocycles. The normalized spacial score (nSPS) is 28.5. The molecule has 0 radical (unpaired) electrons. The number of methoxy groups -OCH3 is 1. The zero-order valence-corrected chi connectivity index (χ0v) is 12.9. The topological polar surface area (TPSA) is 74.2 Å². The highest BCUT2D eigenvalue weighted by molar-refractivity contribution is 5.05. The van der Waals surface area contributed by atoms with Gasteiger partial charge in [0.25, 0.3) is 0 Å². The third kappa shape index (κ3) is 3.20. The van der Waals surface area contributed by atoms with Gasteiger partial charge in [-0.25, -0.2) is 0 Å². The standard InChI is InChI=1S/C15H27N3O2/c1-11-6-4-8-15(10-11,19-3)14-17-13(20-18-14)12(2)7-5-9-16/h11-12H,4-10,16H2,1-3H3. The van der Waals surface area contributed by atoms with Crippen LogP contribution in [-0.4, -0.2) is 23.8 Å². The Bertz CT molecular complexity index is 421. The summed E-state index contributed by atoms with van der Waals surface area (Å²) in [7, 11) is 1.76. The van der Waals surface area contributed by atoms with Crippen LogP contribution in [0.4, 0.5) is 0 Å². The molecule has 0 saturated heterocycles. The first kappa shape index (κ1) is 15.4. The Balaban J connectivity index is 2.13. The Morgan fingerprint density at radius 1 is 1.55 bits per heavy atom. The predicted octanol–water partition coefficient (Wildman–Crippen LogP) is 2.96. The third-order valence-electron chi connectivity index (χ3n) is 4.46. The van der Waals surface area contributed by atoms with Gasteiger partial charge >= 0.3 is 0 Å². The summed E-state index contributed by atoms with van der Waals surface area (Å²) in [6, 6.07) is 0. The van der Waals surface area contributed by atoms with E-state index in [0.29, 0.717) is 18.4 Å². The first-order valence-electron chi connectivity index (χ1n) is 7.70. The Kier molecular flexibility index (Phi) is 5.16. The van der Waals surface area contributed by atoms with Gasteiger partial charge in [0.2, 0.25) is 11.7 Å². The van der Waals surface area contributed by atoms with Crippen LogP contribution in [-0.2, 0) is 10.3 Å². The number of ether oxygens (including phenoxy) is 1. The molecular formula is C15H27N3O2. The number of nitrogens with two attached hydrogens (primary N) is 1. The molecule has 0 aliphatic heterocycles. The van der Waals surface area contributed by atoms with Crippen LogP contribution in [0.5, 0.6) is 0 Å². The fraction of sp³-hybridized carbons (Fsp3) is 0.867. The van der Waals surface area contributed by atoms with Crippen LogP contribution in [0.1, 0.15) is 70.0 Å². The second-order valence-corrected chi connectivity index (χ2v) is 6.19. The summed E-state index contributed by atoms with van der Waals surface area (Å²) in [5.74, 6) is 2.33. The summed E-state index contributed by atoms with van der Waals surface area (Å²) in [5, 5.41) is 4.20. The van der Waals surface area contributed by atoms with Crippen molar-refractivity contribution in [2.45, 2.75) is 63.9 Å². The molecule has 1 aromatic rings. The van der Waals surface area contributed by atoms with E-state index in [0.717, 1.165) is 37.9 Å². The van der Waals surface area contributed by atoms with Crippen molar-refractivity contribution in [3.63, 3.8) is 0 Å². The fourth-order valence-corrected chi connectivity index (χ4v) is 3.15. The molecule has 1 saturated carbocycles. The molecule has 0 bridgehead atoms. The highest BCUT2D eigenvalue weighted by Crippen LogP contribution is 2.41. The molecule has 1 fully saturated rings. The van der Waals surface area contributed by atoms with Gasteiger partial charge in [0, 0.05) is 13.0 Å². The summed E-state index contributed by atoms with van der Waals surface area (Å²) in [6.07, 6.45) is 6.31. The van der Waals surface area contributed by atoms with E-state index in [1.54, 1.807) is 7.11 Å². The summed E-state index contributed by atoms with van der Waals surface area (Å²) in [4.78, 5) is 4.62. The van der Waals surface area contributed by atoms with Gasteiger partial charge in [-0.15, -0.1) is 0 Å². The third-order valence-corrected chi connectivity index (χ3v) is 4.46. The molecule has 3 unspecified atom stereocenters. The summed E-state index contributed by atoms with van der Waals surface area (Å²) < 4.78 is 11.3. The number of aromatic nitrogens is 2. The molecule has 1 aliphatic rings. The fourth-order valence-electron chi connectivity index (χ4n) is 3.15. The van der Waals surface area contributed by atoms with E-state index in [9.17, 15) is 0 Å². The molecule has 2 N–H and O–H groups in total. The lowest BCUT2D eigenvalue weighted by atomic mass is 9.78. The highest BCUT2D eigenvalue weighted by Gasteiger charge is 2.41. The average molecular weight is 281 g/mol. The van der Waals surface area contributed by atoms with Gasteiger partial charge < -0.3 is 15.0 Å². The van der Waals surface area contributed by atoms with Crippen molar-refractivity contribution in [3.8, 4) is 0 Å². The van der Waals surface area contributed by atoms with Crippen molar-refractivity contribution in [2.75, 3.05) is 13.7 Å². The lowest BCUT2D eigenvalue weighted by Crippen LogP contribution is -2.35. The van der Waals surface area contributed by atoms with Crippen molar-refractivity contribution in [2.24, 2.45) is 11.7 Å². The largest absolute Gasteiger partial charge is 0.370 e. The number of rotatable bonds is 6. The van der Waals surface area contributed by atoms with E-state index in [1.807, 2.05) is 0 Å². The first-order chi connectivity index (χ1) is 9.61. The van der Waals surface area contributed by atoms with Crippen molar-refractivity contribution >= 4 is 0 Å². The van der Waals surface area contributed by atoms with Crippen LogP contribution in [0.15, 0.2) is 4.52 Å². The minimum absolute atomic E-state index is 0.259. The maximum absolute atomic E-state index is 5.80. The van der Waals surface area contributed by atoms with E-state index in [2.05, 4.69) is 24.0 Å². The molecule has 5 heteroatoms. The second-order valence-electron chi connectivity index (χ2n) is 6.19. The molecule has 0 amide bonds. The maximum Gasteiger partial charge on any atom is 0.229 e. The smallest absolute Gasteiger partial charge is 0.229 e. The summed E-state index contributed by atoms with van der Waals surface area (Å²) in [5.41, 5.74) is 5.19. The summed E-state index contributed by atoms with van der Waals surface area (Å²) >= 11 is 0. The van der Waals surface area contributed by atoms with Gasteiger partial charge in [0.15, 0.2) is 0 Å². The quantitative estimate of drug-likeness (QED) is 0.867.